The molecule has 0 spiro atoms. The molecule has 0 fully saturated rings. The Labute approximate surface area is 113 Å². The van der Waals surface area contributed by atoms with Crippen LogP contribution in [0.25, 0.3) is 0 Å². The Morgan fingerprint density at radius 1 is 0.938 bits per heavy atom. The number of carbonyl (C=O) groups is 1. The van der Waals surface area contributed by atoms with Crippen LogP contribution in [-0.2, 0) is 0 Å². The Morgan fingerprint density at radius 3 is 2.12 bits per heavy atom. The smallest absolute Gasteiger partial charge is 0.195 e. The lowest BCUT2D eigenvalue weighted by molar-refractivity contribution is 0.103. The van der Waals surface area contributed by atoms with Crippen LogP contribution < -0.4 is 0 Å². The van der Waals surface area contributed by atoms with E-state index in [0.717, 1.165) is 3.57 Å². The highest BCUT2D eigenvalue weighted by Crippen LogP contribution is 2.21. The van der Waals surface area contributed by atoms with Crippen LogP contribution in [-0.4, -0.2) is 5.78 Å². The summed E-state index contributed by atoms with van der Waals surface area (Å²) in [5.41, 5.74) is 1.24. The van der Waals surface area contributed by atoms with Crippen LogP contribution in [0.3, 0.4) is 0 Å². The second-order valence-electron chi connectivity index (χ2n) is 3.29. The molecule has 0 atom stereocenters. The van der Waals surface area contributed by atoms with Crippen molar-refractivity contribution >= 4 is 40.0 Å². The molecule has 16 heavy (non-hydrogen) atoms. The predicted octanol–water partition coefficient (Wildman–Crippen LogP) is 4.18. The third kappa shape index (κ3) is 2.28. The van der Waals surface area contributed by atoms with Gasteiger partial charge in [0.2, 0.25) is 0 Å². The summed E-state index contributed by atoms with van der Waals surface area (Å²) in [7, 11) is 0. The summed E-state index contributed by atoms with van der Waals surface area (Å²) in [4.78, 5) is 12.2. The fourth-order valence-electron chi connectivity index (χ4n) is 1.44. The number of ketones is 1. The Kier molecular flexibility index (Phi) is 3.61. The number of benzene rings is 2. The topological polar surface area (TPSA) is 17.1 Å². The molecule has 3 heteroatoms. The van der Waals surface area contributed by atoms with Crippen molar-refractivity contribution in [3.63, 3.8) is 0 Å². The standard InChI is InChI=1S/C13H8ClIO/c14-11-7-3-1-5-9(11)13(16)10-6-2-4-8-12(10)15/h1-8H. The number of rotatable bonds is 2. The van der Waals surface area contributed by atoms with Gasteiger partial charge in [0, 0.05) is 14.7 Å². The third-order valence-electron chi connectivity index (χ3n) is 2.24. The second-order valence-corrected chi connectivity index (χ2v) is 4.86. The third-order valence-corrected chi connectivity index (χ3v) is 3.51. The molecule has 0 saturated carbocycles. The minimum absolute atomic E-state index is 0.0319. The molecule has 0 N–H and O–H groups in total. The maximum Gasteiger partial charge on any atom is 0.195 e. The van der Waals surface area contributed by atoms with E-state index in [4.69, 9.17) is 11.6 Å². The summed E-state index contributed by atoms with van der Waals surface area (Å²) in [5.74, 6) is -0.0319. The van der Waals surface area contributed by atoms with Gasteiger partial charge in [-0.1, -0.05) is 35.9 Å². The van der Waals surface area contributed by atoms with Crippen LogP contribution in [0.2, 0.25) is 5.02 Å². The number of hydrogen-bond donors (Lipinski definition) is 0. The monoisotopic (exact) mass is 342 g/mol. The maximum atomic E-state index is 12.2. The zero-order valence-corrected chi connectivity index (χ0v) is 11.2. The van der Waals surface area contributed by atoms with Crippen molar-refractivity contribution in [2.45, 2.75) is 0 Å². The van der Waals surface area contributed by atoms with Crippen LogP contribution >= 0.6 is 34.2 Å². The zero-order chi connectivity index (χ0) is 11.5. The van der Waals surface area contributed by atoms with Crippen LogP contribution in [0.15, 0.2) is 48.5 Å². The minimum atomic E-state index is -0.0319. The van der Waals surface area contributed by atoms with Gasteiger partial charge in [-0.3, -0.25) is 4.79 Å². The van der Waals surface area contributed by atoms with Crippen LogP contribution in [0.4, 0.5) is 0 Å². The van der Waals surface area contributed by atoms with Crippen LogP contribution in [0.5, 0.6) is 0 Å². The lowest BCUT2D eigenvalue weighted by atomic mass is 10.0. The van der Waals surface area contributed by atoms with Gasteiger partial charge in [0.1, 0.15) is 0 Å². The van der Waals surface area contributed by atoms with E-state index in [-0.39, 0.29) is 5.78 Å². The molecule has 0 radical (unpaired) electrons. The first-order valence-electron chi connectivity index (χ1n) is 4.74. The van der Waals surface area contributed by atoms with Crippen LogP contribution in [0, 0.1) is 3.57 Å². The van der Waals surface area contributed by atoms with E-state index in [9.17, 15) is 4.79 Å². The van der Waals surface area contributed by atoms with E-state index in [1.165, 1.54) is 0 Å². The molecular formula is C13H8ClIO. The average molecular weight is 343 g/mol. The summed E-state index contributed by atoms with van der Waals surface area (Å²) < 4.78 is 0.935. The molecule has 80 valence electrons. The predicted molar refractivity (Wildman–Crippen MR) is 74.0 cm³/mol. The highest BCUT2D eigenvalue weighted by Gasteiger charge is 2.14. The van der Waals surface area contributed by atoms with E-state index < -0.39 is 0 Å². The van der Waals surface area contributed by atoms with Gasteiger partial charge in [-0.2, -0.15) is 0 Å². The van der Waals surface area contributed by atoms with Gasteiger partial charge in [-0.05, 0) is 46.9 Å². The fraction of sp³-hybridized carbons (Fsp3) is 0. The lowest BCUT2D eigenvalue weighted by Crippen LogP contribution is -2.03. The van der Waals surface area contributed by atoms with E-state index in [1.54, 1.807) is 12.1 Å². The molecule has 0 heterocycles. The van der Waals surface area contributed by atoms with Gasteiger partial charge in [-0.15, -0.1) is 0 Å². The van der Waals surface area contributed by atoms with Gasteiger partial charge in [0.15, 0.2) is 5.78 Å². The molecule has 0 aromatic heterocycles. The van der Waals surface area contributed by atoms with Gasteiger partial charge in [0.25, 0.3) is 0 Å². The molecule has 0 amide bonds. The van der Waals surface area contributed by atoms with E-state index in [0.29, 0.717) is 16.1 Å². The van der Waals surface area contributed by atoms with Crippen molar-refractivity contribution in [2.24, 2.45) is 0 Å². The molecule has 0 aliphatic carbocycles. The van der Waals surface area contributed by atoms with E-state index >= 15 is 0 Å². The molecule has 0 aliphatic rings. The van der Waals surface area contributed by atoms with Gasteiger partial charge in [-0.25, -0.2) is 0 Å². The summed E-state index contributed by atoms with van der Waals surface area (Å²) >= 11 is 8.15. The Balaban J connectivity index is 2.48. The van der Waals surface area contributed by atoms with Crippen molar-refractivity contribution in [3.05, 3.63) is 68.3 Å². The molecule has 2 aromatic rings. The maximum absolute atomic E-state index is 12.2. The lowest BCUT2D eigenvalue weighted by Gasteiger charge is -2.04. The van der Waals surface area contributed by atoms with Gasteiger partial charge < -0.3 is 0 Å². The molecule has 1 nitrogen and oxygen atoms in total. The first-order chi connectivity index (χ1) is 7.70. The molecular weight excluding hydrogens is 334 g/mol. The van der Waals surface area contributed by atoms with E-state index in [1.807, 2.05) is 36.4 Å². The highest BCUT2D eigenvalue weighted by molar-refractivity contribution is 14.1. The molecule has 0 bridgehead atoms. The van der Waals surface area contributed by atoms with Crippen molar-refractivity contribution < 1.29 is 4.79 Å². The Hall–Kier alpha value is -0.870. The van der Waals surface area contributed by atoms with Crippen molar-refractivity contribution in [3.8, 4) is 0 Å². The Morgan fingerprint density at radius 2 is 1.50 bits per heavy atom. The first-order valence-corrected chi connectivity index (χ1v) is 6.19. The highest BCUT2D eigenvalue weighted by atomic mass is 127. The summed E-state index contributed by atoms with van der Waals surface area (Å²) in [6, 6.07) is 14.6. The first kappa shape index (κ1) is 11.6. The van der Waals surface area contributed by atoms with E-state index in [2.05, 4.69) is 22.6 Å². The Bertz CT molecular complexity index is 489. The molecule has 0 unspecified atom stereocenters. The number of halogens is 2. The van der Waals surface area contributed by atoms with Gasteiger partial charge in [0.05, 0.1) is 5.02 Å². The largest absolute Gasteiger partial charge is 0.289 e. The summed E-state index contributed by atoms with van der Waals surface area (Å²) in [6.45, 7) is 0. The van der Waals surface area contributed by atoms with Crippen LogP contribution in [0.1, 0.15) is 15.9 Å². The summed E-state index contributed by atoms with van der Waals surface area (Å²) in [6.07, 6.45) is 0. The summed E-state index contributed by atoms with van der Waals surface area (Å²) in [5, 5.41) is 0.493. The molecule has 2 rings (SSSR count). The normalized spacial score (nSPS) is 10.1. The number of hydrogen-bond acceptors (Lipinski definition) is 1. The molecule has 2 aromatic carbocycles. The van der Waals surface area contributed by atoms with Gasteiger partial charge >= 0.3 is 0 Å². The quantitative estimate of drug-likeness (QED) is 0.591. The van der Waals surface area contributed by atoms with Crippen molar-refractivity contribution in [2.75, 3.05) is 0 Å². The average Bonchev–Trinajstić information content (AvgIpc) is 2.29. The van der Waals surface area contributed by atoms with Crippen molar-refractivity contribution in [1.82, 2.24) is 0 Å². The fourth-order valence-corrected chi connectivity index (χ4v) is 2.29. The number of carbonyl (C=O) groups excluding carboxylic acids is 1. The van der Waals surface area contributed by atoms with Crippen molar-refractivity contribution in [1.29, 1.82) is 0 Å². The molecule has 0 saturated heterocycles. The minimum Gasteiger partial charge on any atom is -0.289 e. The second kappa shape index (κ2) is 4.97. The SMILES string of the molecule is O=C(c1ccccc1Cl)c1ccccc1I. The zero-order valence-electron chi connectivity index (χ0n) is 8.28. The molecule has 0 aliphatic heterocycles.